The van der Waals surface area contributed by atoms with E-state index in [1.807, 2.05) is 49.4 Å². The van der Waals surface area contributed by atoms with Gasteiger partial charge in [-0.15, -0.1) is 0 Å². The molecule has 0 radical (unpaired) electrons. The molecule has 0 bridgehead atoms. The van der Waals surface area contributed by atoms with Gasteiger partial charge in [-0.25, -0.2) is 0 Å². The Balaban J connectivity index is 2.18. The Morgan fingerprint density at radius 1 is 1.21 bits per heavy atom. The summed E-state index contributed by atoms with van der Waals surface area (Å²) in [4.78, 5) is 0. The molecule has 0 heterocycles. The third-order valence-electron chi connectivity index (χ3n) is 3.17. The minimum absolute atomic E-state index is 0.511. The Morgan fingerprint density at radius 2 is 1.95 bits per heavy atom. The first kappa shape index (κ1) is 14.1. The first-order chi connectivity index (χ1) is 9.11. The van der Waals surface area contributed by atoms with Gasteiger partial charge in [-0.2, -0.15) is 0 Å². The molecule has 19 heavy (non-hydrogen) atoms. The van der Waals surface area contributed by atoms with E-state index in [-0.39, 0.29) is 0 Å². The molecular weight excluding hydrogens is 304 g/mol. The maximum Gasteiger partial charge on any atom is 0.121 e. The highest BCUT2D eigenvalue weighted by Crippen LogP contribution is 2.26. The standard InChI is InChI=1S/C16H17BrO2/c1-11-9-13(7-8-16(11)19-2)15(18)10-12-5-3-4-6-14(12)17/h3-9,15,18H,10H2,1-2H3. The van der Waals surface area contributed by atoms with Gasteiger partial charge in [0.05, 0.1) is 13.2 Å². The van der Waals surface area contributed by atoms with Gasteiger partial charge in [-0.3, -0.25) is 0 Å². The van der Waals surface area contributed by atoms with Gasteiger partial charge in [-0.1, -0.05) is 40.2 Å². The first-order valence-electron chi connectivity index (χ1n) is 6.18. The fraction of sp³-hybridized carbons (Fsp3) is 0.250. The highest BCUT2D eigenvalue weighted by atomic mass is 79.9. The van der Waals surface area contributed by atoms with E-state index in [2.05, 4.69) is 15.9 Å². The lowest BCUT2D eigenvalue weighted by molar-refractivity contribution is 0.178. The van der Waals surface area contributed by atoms with E-state index in [1.165, 1.54) is 0 Å². The van der Waals surface area contributed by atoms with Crippen LogP contribution in [0.4, 0.5) is 0 Å². The summed E-state index contributed by atoms with van der Waals surface area (Å²) in [5, 5.41) is 10.3. The van der Waals surface area contributed by atoms with E-state index in [4.69, 9.17) is 4.74 Å². The average Bonchev–Trinajstić information content (AvgIpc) is 2.41. The van der Waals surface area contributed by atoms with Crippen LogP contribution in [0.3, 0.4) is 0 Å². The van der Waals surface area contributed by atoms with Crippen molar-refractivity contribution in [2.45, 2.75) is 19.4 Å². The van der Waals surface area contributed by atoms with E-state index in [0.29, 0.717) is 6.42 Å². The number of hydrogen-bond donors (Lipinski definition) is 1. The molecule has 1 atom stereocenters. The van der Waals surface area contributed by atoms with Gasteiger partial charge < -0.3 is 9.84 Å². The predicted molar refractivity (Wildman–Crippen MR) is 80.5 cm³/mol. The summed E-state index contributed by atoms with van der Waals surface area (Å²) in [6.07, 6.45) is 0.0796. The Bertz CT molecular complexity index is 566. The normalized spacial score (nSPS) is 12.2. The maximum absolute atomic E-state index is 10.3. The quantitative estimate of drug-likeness (QED) is 0.921. The molecule has 1 unspecified atom stereocenters. The van der Waals surface area contributed by atoms with Crippen LogP contribution in [0, 0.1) is 6.92 Å². The lowest BCUT2D eigenvalue weighted by Gasteiger charge is -2.14. The van der Waals surface area contributed by atoms with Crippen molar-refractivity contribution in [1.82, 2.24) is 0 Å². The van der Waals surface area contributed by atoms with Crippen molar-refractivity contribution in [2.24, 2.45) is 0 Å². The minimum atomic E-state index is -0.511. The zero-order valence-corrected chi connectivity index (χ0v) is 12.6. The number of hydrogen-bond acceptors (Lipinski definition) is 2. The van der Waals surface area contributed by atoms with Crippen LogP contribution in [0.25, 0.3) is 0 Å². The van der Waals surface area contributed by atoms with Gasteiger partial charge >= 0.3 is 0 Å². The van der Waals surface area contributed by atoms with E-state index in [1.54, 1.807) is 7.11 Å². The van der Waals surface area contributed by atoms with Crippen LogP contribution in [0.1, 0.15) is 22.8 Å². The fourth-order valence-electron chi connectivity index (χ4n) is 2.10. The molecule has 1 N–H and O–H groups in total. The molecule has 2 nitrogen and oxygen atoms in total. The van der Waals surface area contributed by atoms with E-state index in [0.717, 1.165) is 26.9 Å². The van der Waals surface area contributed by atoms with E-state index >= 15 is 0 Å². The third-order valence-corrected chi connectivity index (χ3v) is 3.95. The van der Waals surface area contributed by atoms with Gasteiger partial charge in [0, 0.05) is 10.9 Å². The molecule has 0 aliphatic carbocycles. The summed E-state index contributed by atoms with van der Waals surface area (Å²) >= 11 is 3.50. The summed E-state index contributed by atoms with van der Waals surface area (Å²) in [6.45, 7) is 1.98. The first-order valence-corrected chi connectivity index (χ1v) is 6.97. The second-order valence-electron chi connectivity index (χ2n) is 4.54. The number of rotatable bonds is 4. The third kappa shape index (κ3) is 3.37. The zero-order chi connectivity index (χ0) is 13.8. The molecule has 2 aromatic rings. The van der Waals surface area contributed by atoms with Crippen molar-refractivity contribution < 1.29 is 9.84 Å². The highest BCUT2D eigenvalue weighted by molar-refractivity contribution is 9.10. The predicted octanol–water partition coefficient (Wildman–Crippen LogP) is 4.04. The fourth-order valence-corrected chi connectivity index (χ4v) is 2.55. The number of halogens is 1. The molecule has 0 aromatic heterocycles. The van der Waals surface area contributed by atoms with E-state index in [9.17, 15) is 5.11 Å². The summed E-state index contributed by atoms with van der Waals surface area (Å²) < 4.78 is 6.26. The Morgan fingerprint density at radius 3 is 2.58 bits per heavy atom. The van der Waals surface area contributed by atoms with Crippen LogP contribution in [-0.4, -0.2) is 12.2 Å². The van der Waals surface area contributed by atoms with Crippen LogP contribution in [0.2, 0.25) is 0 Å². The van der Waals surface area contributed by atoms with Gasteiger partial charge in [0.1, 0.15) is 5.75 Å². The maximum atomic E-state index is 10.3. The number of ether oxygens (including phenoxy) is 1. The monoisotopic (exact) mass is 320 g/mol. The van der Waals surface area contributed by atoms with Crippen molar-refractivity contribution in [3.8, 4) is 5.75 Å². The van der Waals surface area contributed by atoms with Crippen molar-refractivity contribution in [3.05, 3.63) is 63.6 Å². The van der Waals surface area contributed by atoms with Crippen molar-refractivity contribution >= 4 is 15.9 Å². The number of aryl methyl sites for hydroxylation is 1. The molecule has 100 valence electrons. The molecule has 0 aliphatic heterocycles. The molecule has 0 amide bonds. The largest absolute Gasteiger partial charge is 0.496 e. The van der Waals surface area contributed by atoms with Crippen LogP contribution in [-0.2, 0) is 6.42 Å². The molecule has 2 rings (SSSR count). The van der Waals surface area contributed by atoms with Gasteiger partial charge in [0.2, 0.25) is 0 Å². The summed E-state index contributed by atoms with van der Waals surface area (Å²) in [5.74, 6) is 0.844. The molecule has 0 spiro atoms. The lowest BCUT2D eigenvalue weighted by Crippen LogP contribution is -2.03. The molecule has 0 fully saturated rings. The number of methoxy groups -OCH3 is 1. The summed E-state index contributed by atoms with van der Waals surface area (Å²) in [6, 6.07) is 13.7. The Labute approximate surface area is 122 Å². The number of aliphatic hydroxyl groups is 1. The van der Waals surface area contributed by atoms with Crippen LogP contribution in [0.5, 0.6) is 5.75 Å². The average molecular weight is 321 g/mol. The van der Waals surface area contributed by atoms with Gasteiger partial charge in [0.15, 0.2) is 0 Å². The molecular formula is C16H17BrO2. The van der Waals surface area contributed by atoms with Crippen molar-refractivity contribution in [1.29, 1.82) is 0 Å². The minimum Gasteiger partial charge on any atom is -0.496 e. The van der Waals surface area contributed by atoms with Crippen molar-refractivity contribution in [3.63, 3.8) is 0 Å². The Hall–Kier alpha value is -1.32. The van der Waals surface area contributed by atoms with Crippen LogP contribution < -0.4 is 4.74 Å². The summed E-state index contributed by atoms with van der Waals surface area (Å²) in [5.41, 5.74) is 3.05. The SMILES string of the molecule is COc1ccc(C(O)Cc2ccccc2Br)cc1C. The van der Waals surface area contributed by atoms with Crippen LogP contribution >= 0.6 is 15.9 Å². The van der Waals surface area contributed by atoms with Crippen molar-refractivity contribution in [2.75, 3.05) is 7.11 Å². The Kier molecular flexibility index (Phi) is 4.61. The van der Waals surface area contributed by atoms with Gasteiger partial charge in [-0.05, 0) is 41.8 Å². The smallest absolute Gasteiger partial charge is 0.121 e. The van der Waals surface area contributed by atoms with E-state index < -0.39 is 6.10 Å². The van der Waals surface area contributed by atoms with Crippen LogP contribution in [0.15, 0.2) is 46.9 Å². The highest BCUT2D eigenvalue weighted by Gasteiger charge is 2.11. The molecule has 3 heteroatoms. The molecule has 0 saturated heterocycles. The molecule has 2 aromatic carbocycles. The molecule has 0 aliphatic rings. The second kappa shape index (κ2) is 6.22. The lowest BCUT2D eigenvalue weighted by atomic mass is 10.00. The summed E-state index contributed by atoms with van der Waals surface area (Å²) in [7, 11) is 1.65. The topological polar surface area (TPSA) is 29.5 Å². The second-order valence-corrected chi connectivity index (χ2v) is 5.39. The van der Waals surface area contributed by atoms with Gasteiger partial charge in [0.25, 0.3) is 0 Å². The number of aliphatic hydroxyl groups excluding tert-OH is 1. The zero-order valence-electron chi connectivity index (χ0n) is 11.1. The molecule has 0 saturated carbocycles. The number of benzene rings is 2.